The van der Waals surface area contributed by atoms with Gasteiger partial charge in [-0.1, -0.05) is 140 Å². The minimum atomic E-state index is 1.02. The summed E-state index contributed by atoms with van der Waals surface area (Å²) < 4.78 is 4.86. The molecule has 0 bridgehead atoms. The zero-order valence-electron chi connectivity index (χ0n) is 27.0. The molecule has 0 aliphatic heterocycles. The van der Waals surface area contributed by atoms with E-state index < -0.39 is 0 Å². The van der Waals surface area contributed by atoms with E-state index in [1.54, 1.807) is 0 Å². The van der Waals surface area contributed by atoms with E-state index >= 15 is 0 Å². The van der Waals surface area contributed by atoms with Gasteiger partial charge in [0.25, 0.3) is 0 Å². The van der Waals surface area contributed by atoms with Crippen molar-refractivity contribution in [1.29, 1.82) is 0 Å². The third-order valence-electron chi connectivity index (χ3n) is 10.4. The number of para-hydroxylation sites is 2. The van der Waals surface area contributed by atoms with Gasteiger partial charge >= 0.3 is 0 Å². The molecule has 232 valence electrons. The first-order valence-corrected chi connectivity index (χ1v) is 17.9. The van der Waals surface area contributed by atoms with E-state index in [4.69, 9.17) is 4.98 Å². The van der Waals surface area contributed by atoms with Crippen molar-refractivity contribution in [1.82, 2.24) is 9.38 Å². The maximum Gasteiger partial charge on any atom is 0.156 e. The Morgan fingerprint density at radius 1 is 0.380 bits per heavy atom. The zero-order valence-corrected chi connectivity index (χ0v) is 27.8. The molecule has 0 atom stereocenters. The molecule has 0 saturated carbocycles. The van der Waals surface area contributed by atoms with E-state index in [9.17, 15) is 0 Å². The fourth-order valence-electron chi connectivity index (χ4n) is 7.99. The molecule has 2 nitrogen and oxygen atoms in total. The molecule has 50 heavy (non-hydrogen) atoms. The molecule has 3 aromatic heterocycles. The van der Waals surface area contributed by atoms with Crippen molar-refractivity contribution in [2.45, 2.75) is 0 Å². The van der Waals surface area contributed by atoms with Crippen molar-refractivity contribution < 1.29 is 0 Å². The van der Waals surface area contributed by atoms with Gasteiger partial charge in [0.05, 0.1) is 21.4 Å². The zero-order chi connectivity index (χ0) is 32.8. The second-order valence-corrected chi connectivity index (χ2v) is 14.2. The second-order valence-electron chi connectivity index (χ2n) is 13.1. The van der Waals surface area contributed by atoms with Gasteiger partial charge in [-0.25, -0.2) is 4.98 Å². The number of aromatic nitrogens is 2. The minimum Gasteiger partial charge on any atom is -0.291 e. The highest BCUT2D eigenvalue weighted by molar-refractivity contribution is 7.26. The van der Waals surface area contributed by atoms with Gasteiger partial charge in [0, 0.05) is 15.5 Å². The maximum absolute atomic E-state index is 5.14. The van der Waals surface area contributed by atoms with Crippen LogP contribution in [0, 0.1) is 0 Å². The van der Waals surface area contributed by atoms with E-state index in [1.807, 2.05) is 11.3 Å². The summed E-state index contributed by atoms with van der Waals surface area (Å²) >= 11 is 1.83. The molecule has 0 aliphatic carbocycles. The number of thiophene rings is 1. The van der Waals surface area contributed by atoms with Crippen LogP contribution in [0.5, 0.6) is 0 Å². The van der Waals surface area contributed by atoms with E-state index in [0.29, 0.717) is 0 Å². The first-order valence-electron chi connectivity index (χ1n) is 17.0. The number of hydrogen-bond acceptors (Lipinski definition) is 2. The van der Waals surface area contributed by atoms with E-state index in [0.717, 1.165) is 22.4 Å². The fourth-order valence-corrected chi connectivity index (χ4v) is 9.15. The normalized spacial score (nSPS) is 12.0. The van der Waals surface area contributed by atoms with Crippen LogP contribution in [0.3, 0.4) is 0 Å². The smallest absolute Gasteiger partial charge is 0.156 e. The number of fused-ring (bicyclic) bond motifs is 13. The molecule has 8 aromatic carbocycles. The Bertz CT molecular complexity index is 3090. The van der Waals surface area contributed by atoms with Crippen LogP contribution in [-0.2, 0) is 0 Å². The Kier molecular flexibility index (Phi) is 5.86. The van der Waals surface area contributed by atoms with Crippen molar-refractivity contribution in [3.8, 4) is 33.5 Å². The predicted molar refractivity (Wildman–Crippen MR) is 214 cm³/mol. The summed E-state index contributed by atoms with van der Waals surface area (Å²) in [6.07, 6.45) is 0. The topological polar surface area (TPSA) is 17.3 Å². The molecule has 0 saturated heterocycles. The Labute approximate surface area is 292 Å². The predicted octanol–water partition coefficient (Wildman–Crippen LogP) is 13.3. The summed E-state index contributed by atoms with van der Waals surface area (Å²) in [5, 5.41) is 10.4. The average Bonchev–Trinajstić information content (AvgIpc) is 3.77. The van der Waals surface area contributed by atoms with Crippen LogP contribution in [0.1, 0.15) is 0 Å². The van der Waals surface area contributed by atoms with Crippen molar-refractivity contribution in [3.05, 3.63) is 170 Å². The molecule has 0 N–H and O–H groups in total. The van der Waals surface area contributed by atoms with Crippen molar-refractivity contribution in [2.75, 3.05) is 0 Å². The number of benzene rings is 8. The average molecular weight is 653 g/mol. The second kappa shape index (κ2) is 10.6. The number of nitrogens with zero attached hydrogens (tertiary/aromatic N) is 2. The molecular formula is C47H28N2S. The summed E-state index contributed by atoms with van der Waals surface area (Å²) in [4.78, 5) is 5.14. The Morgan fingerprint density at radius 3 is 1.56 bits per heavy atom. The van der Waals surface area contributed by atoms with Gasteiger partial charge in [-0.15, -0.1) is 11.3 Å². The van der Waals surface area contributed by atoms with Crippen LogP contribution in [0.2, 0.25) is 0 Å². The van der Waals surface area contributed by atoms with Gasteiger partial charge in [-0.05, 0) is 90.5 Å². The third-order valence-corrected chi connectivity index (χ3v) is 11.6. The van der Waals surface area contributed by atoms with Gasteiger partial charge in [0.15, 0.2) is 5.65 Å². The first kappa shape index (κ1) is 27.6. The molecule has 0 unspecified atom stereocenters. The third kappa shape index (κ3) is 4.05. The first-order chi connectivity index (χ1) is 24.8. The van der Waals surface area contributed by atoms with E-state index in [-0.39, 0.29) is 0 Å². The van der Waals surface area contributed by atoms with Crippen LogP contribution in [0.15, 0.2) is 170 Å². The summed E-state index contributed by atoms with van der Waals surface area (Å²) in [6.45, 7) is 0. The van der Waals surface area contributed by atoms with Crippen LogP contribution in [-0.4, -0.2) is 9.38 Å². The molecular weight excluding hydrogens is 625 g/mol. The van der Waals surface area contributed by atoms with Gasteiger partial charge in [0.1, 0.15) is 0 Å². The van der Waals surface area contributed by atoms with Crippen LogP contribution in [0.4, 0.5) is 0 Å². The lowest BCUT2D eigenvalue weighted by atomic mass is 9.92. The fraction of sp³-hybridized carbons (Fsp3) is 0. The Morgan fingerprint density at radius 2 is 0.880 bits per heavy atom. The lowest BCUT2D eigenvalue weighted by Crippen LogP contribution is -1.93. The molecule has 0 aliphatic rings. The van der Waals surface area contributed by atoms with E-state index in [2.05, 4.69) is 174 Å². The Hall–Kier alpha value is -6.29. The highest BCUT2D eigenvalue weighted by atomic mass is 32.1. The molecule has 3 heteroatoms. The standard InChI is InChI=1S/C47H28N2S/c1-2-11-36-34(9-1)35-10-3-4-12-37(35)40-27-33(25-26-38(36)40)31-19-17-29(18-20-31)30-21-23-32(24-22-30)44-28-41-39-13-5-8-16-45(39)50-46(41)47-48-42-14-6-7-15-43(42)49(44)47/h1-28H. The highest BCUT2D eigenvalue weighted by Crippen LogP contribution is 2.41. The molecule has 0 amide bonds. The lowest BCUT2D eigenvalue weighted by molar-refractivity contribution is 1.25. The van der Waals surface area contributed by atoms with E-state index in [1.165, 1.54) is 80.3 Å². The molecule has 11 aromatic rings. The van der Waals surface area contributed by atoms with Crippen molar-refractivity contribution in [2.24, 2.45) is 0 Å². The summed E-state index contributed by atoms with van der Waals surface area (Å²) in [6, 6.07) is 62.0. The lowest BCUT2D eigenvalue weighted by Gasteiger charge is -2.12. The molecule has 11 rings (SSSR count). The summed E-state index contributed by atoms with van der Waals surface area (Å²) in [5.74, 6) is 0. The molecule has 3 heterocycles. The number of hydrogen-bond donors (Lipinski definition) is 0. The monoisotopic (exact) mass is 652 g/mol. The van der Waals surface area contributed by atoms with Gasteiger partial charge in [0.2, 0.25) is 0 Å². The van der Waals surface area contributed by atoms with Crippen LogP contribution < -0.4 is 0 Å². The van der Waals surface area contributed by atoms with Crippen molar-refractivity contribution >= 4 is 80.5 Å². The number of imidazole rings is 1. The van der Waals surface area contributed by atoms with Crippen LogP contribution in [0.25, 0.3) is 103 Å². The highest BCUT2D eigenvalue weighted by Gasteiger charge is 2.17. The quantitative estimate of drug-likeness (QED) is 0.174. The van der Waals surface area contributed by atoms with Crippen LogP contribution >= 0.6 is 11.3 Å². The molecule has 0 radical (unpaired) electrons. The van der Waals surface area contributed by atoms with Gasteiger partial charge in [-0.3, -0.25) is 4.40 Å². The maximum atomic E-state index is 5.14. The number of pyridine rings is 1. The van der Waals surface area contributed by atoms with Crippen molar-refractivity contribution in [3.63, 3.8) is 0 Å². The molecule has 0 fully saturated rings. The van der Waals surface area contributed by atoms with Gasteiger partial charge < -0.3 is 0 Å². The van der Waals surface area contributed by atoms with Gasteiger partial charge in [-0.2, -0.15) is 0 Å². The minimum absolute atomic E-state index is 1.02. The SMILES string of the molecule is c1ccc2c(c1)nc1c3sc4ccccc4c3cc(-c3ccc(-c4ccc(-c5ccc6c7ccccc7c7ccccc7c6c5)cc4)cc3)n21. The molecule has 0 spiro atoms. The number of rotatable bonds is 3. The summed E-state index contributed by atoms with van der Waals surface area (Å²) in [5.41, 5.74) is 10.3. The Balaban J connectivity index is 0.991. The largest absolute Gasteiger partial charge is 0.291 e. The summed E-state index contributed by atoms with van der Waals surface area (Å²) in [7, 11) is 0.